The number of oxime groups is 1. The van der Waals surface area contributed by atoms with Gasteiger partial charge in [-0.1, -0.05) is 11.2 Å². The van der Waals surface area contributed by atoms with Crippen molar-refractivity contribution >= 4 is 11.9 Å². The van der Waals surface area contributed by atoms with E-state index in [4.69, 9.17) is 9.62 Å². The van der Waals surface area contributed by atoms with Crippen LogP contribution in [0.4, 0.5) is 5.69 Å². The Morgan fingerprint density at radius 1 is 1.39 bits per heavy atom. The van der Waals surface area contributed by atoms with Crippen LogP contribution in [0.3, 0.4) is 0 Å². The highest BCUT2D eigenvalue weighted by molar-refractivity contribution is 5.78. The first-order chi connectivity index (χ1) is 8.61. The van der Waals surface area contributed by atoms with E-state index in [0.29, 0.717) is 17.1 Å². The Kier molecular flexibility index (Phi) is 3.09. The molecular formula is C12H10N2O4. The molecule has 0 aliphatic carbocycles. The van der Waals surface area contributed by atoms with E-state index in [1.54, 1.807) is 31.2 Å². The number of nitro benzene ring substituents is 1. The van der Waals surface area contributed by atoms with Crippen LogP contribution < -0.4 is 0 Å². The van der Waals surface area contributed by atoms with Gasteiger partial charge in [-0.3, -0.25) is 10.1 Å². The second kappa shape index (κ2) is 4.70. The lowest BCUT2D eigenvalue weighted by atomic mass is 10.1. The van der Waals surface area contributed by atoms with Crippen molar-refractivity contribution in [1.82, 2.24) is 0 Å². The molecule has 0 saturated carbocycles. The van der Waals surface area contributed by atoms with Gasteiger partial charge in [0.15, 0.2) is 0 Å². The zero-order valence-electron chi connectivity index (χ0n) is 9.53. The summed E-state index contributed by atoms with van der Waals surface area (Å²) in [7, 11) is 0. The van der Waals surface area contributed by atoms with Crippen molar-refractivity contribution < 1.29 is 14.5 Å². The molecule has 0 atom stereocenters. The summed E-state index contributed by atoms with van der Waals surface area (Å²) in [5.41, 5.74) is 1.18. The Bertz CT molecular complexity index is 616. The Hall–Kier alpha value is -2.63. The van der Waals surface area contributed by atoms with E-state index in [1.807, 2.05) is 0 Å². The maximum Gasteiger partial charge on any atom is 0.280 e. The highest BCUT2D eigenvalue weighted by Gasteiger charge is 2.17. The van der Waals surface area contributed by atoms with E-state index < -0.39 is 4.92 Å². The number of aryl methyl sites for hydroxylation is 1. The van der Waals surface area contributed by atoms with E-state index >= 15 is 0 Å². The molecule has 0 unspecified atom stereocenters. The summed E-state index contributed by atoms with van der Waals surface area (Å²) < 4.78 is 5.33. The minimum Gasteiger partial charge on any atom is -0.455 e. The first-order valence-corrected chi connectivity index (χ1v) is 5.14. The van der Waals surface area contributed by atoms with E-state index in [1.165, 1.54) is 6.07 Å². The van der Waals surface area contributed by atoms with Crippen molar-refractivity contribution in [2.75, 3.05) is 0 Å². The average Bonchev–Trinajstić information content (AvgIpc) is 2.78. The largest absolute Gasteiger partial charge is 0.455 e. The number of benzene rings is 1. The molecule has 0 bridgehead atoms. The molecule has 0 aliphatic heterocycles. The van der Waals surface area contributed by atoms with Gasteiger partial charge in [0.1, 0.15) is 17.7 Å². The predicted octanol–water partition coefficient (Wildman–Crippen LogP) is 2.97. The Morgan fingerprint density at radius 3 is 2.83 bits per heavy atom. The molecule has 1 aromatic carbocycles. The number of nitrogens with zero attached hydrogens (tertiary/aromatic N) is 2. The van der Waals surface area contributed by atoms with Crippen LogP contribution in [-0.4, -0.2) is 16.3 Å². The van der Waals surface area contributed by atoms with Gasteiger partial charge in [0.25, 0.3) is 5.69 Å². The topological polar surface area (TPSA) is 88.9 Å². The highest BCUT2D eigenvalue weighted by atomic mass is 16.6. The van der Waals surface area contributed by atoms with Gasteiger partial charge in [-0.15, -0.1) is 0 Å². The van der Waals surface area contributed by atoms with Gasteiger partial charge in [0, 0.05) is 6.07 Å². The standard InChI is InChI=1S/C12H10N2O4/c1-8-2-4-10(11(6-8)14(16)17)12-5-3-9(18-12)7-13-15/h2-7,15H,1H3. The van der Waals surface area contributed by atoms with Crippen molar-refractivity contribution in [3.63, 3.8) is 0 Å². The maximum absolute atomic E-state index is 11.0. The fourth-order valence-electron chi connectivity index (χ4n) is 1.62. The van der Waals surface area contributed by atoms with Gasteiger partial charge in [-0.05, 0) is 30.7 Å². The third-order valence-corrected chi connectivity index (χ3v) is 2.43. The van der Waals surface area contributed by atoms with Crippen LogP contribution in [0, 0.1) is 17.0 Å². The summed E-state index contributed by atoms with van der Waals surface area (Å²) in [6, 6.07) is 8.04. The zero-order chi connectivity index (χ0) is 13.1. The van der Waals surface area contributed by atoms with E-state index in [0.717, 1.165) is 11.8 Å². The van der Waals surface area contributed by atoms with Gasteiger partial charge < -0.3 is 9.62 Å². The Balaban J connectivity index is 2.52. The SMILES string of the molecule is Cc1ccc(-c2ccc(C=NO)o2)c([N+](=O)[O-])c1. The van der Waals surface area contributed by atoms with Crippen LogP contribution in [-0.2, 0) is 0 Å². The molecular weight excluding hydrogens is 236 g/mol. The first-order valence-electron chi connectivity index (χ1n) is 5.14. The second-order valence-electron chi connectivity index (χ2n) is 3.72. The number of furan rings is 1. The van der Waals surface area contributed by atoms with Crippen molar-refractivity contribution in [3.8, 4) is 11.3 Å². The summed E-state index contributed by atoms with van der Waals surface area (Å²) in [5, 5.41) is 22.2. The fourth-order valence-corrected chi connectivity index (χ4v) is 1.62. The van der Waals surface area contributed by atoms with Crippen molar-refractivity contribution in [1.29, 1.82) is 0 Å². The minimum atomic E-state index is -0.454. The molecule has 1 heterocycles. The van der Waals surface area contributed by atoms with Gasteiger partial charge in [0.05, 0.1) is 10.5 Å². The van der Waals surface area contributed by atoms with Crippen LogP contribution >= 0.6 is 0 Å². The molecule has 1 aromatic heterocycles. The number of nitro groups is 1. The lowest BCUT2D eigenvalue weighted by Gasteiger charge is -2.00. The summed E-state index contributed by atoms with van der Waals surface area (Å²) in [5.74, 6) is 0.680. The highest BCUT2D eigenvalue weighted by Crippen LogP contribution is 2.31. The molecule has 0 aliphatic rings. The molecule has 0 fully saturated rings. The van der Waals surface area contributed by atoms with Crippen LogP contribution in [0.25, 0.3) is 11.3 Å². The number of hydrogen-bond donors (Lipinski definition) is 1. The lowest BCUT2D eigenvalue weighted by molar-refractivity contribution is -0.384. The lowest BCUT2D eigenvalue weighted by Crippen LogP contribution is -1.92. The minimum absolute atomic E-state index is 0.0168. The smallest absolute Gasteiger partial charge is 0.280 e. The predicted molar refractivity (Wildman–Crippen MR) is 64.9 cm³/mol. The molecule has 0 saturated heterocycles. The average molecular weight is 246 g/mol. The third kappa shape index (κ3) is 2.22. The van der Waals surface area contributed by atoms with Gasteiger partial charge in [-0.2, -0.15) is 0 Å². The Labute approximate surface area is 102 Å². The van der Waals surface area contributed by atoms with Crippen molar-refractivity contribution in [2.45, 2.75) is 6.92 Å². The second-order valence-corrected chi connectivity index (χ2v) is 3.72. The fraction of sp³-hybridized carbons (Fsp3) is 0.0833. The number of hydrogen-bond acceptors (Lipinski definition) is 5. The van der Waals surface area contributed by atoms with Crippen LogP contribution in [0.2, 0.25) is 0 Å². The monoisotopic (exact) mass is 246 g/mol. The molecule has 0 amide bonds. The van der Waals surface area contributed by atoms with Crippen molar-refractivity contribution in [2.24, 2.45) is 5.16 Å². The van der Waals surface area contributed by atoms with Gasteiger partial charge in [0.2, 0.25) is 0 Å². The third-order valence-electron chi connectivity index (χ3n) is 2.43. The summed E-state index contributed by atoms with van der Waals surface area (Å²) >= 11 is 0. The van der Waals surface area contributed by atoms with E-state index in [2.05, 4.69) is 5.16 Å². The van der Waals surface area contributed by atoms with Crippen molar-refractivity contribution in [3.05, 3.63) is 51.8 Å². The van der Waals surface area contributed by atoms with E-state index in [-0.39, 0.29) is 5.69 Å². The summed E-state index contributed by atoms with van der Waals surface area (Å²) in [4.78, 5) is 10.5. The molecule has 92 valence electrons. The molecule has 6 nitrogen and oxygen atoms in total. The quantitative estimate of drug-likeness (QED) is 0.390. The zero-order valence-corrected chi connectivity index (χ0v) is 9.53. The van der Waals surface area contributed by atoms with Gasteiger partial charge >= 0.3 is 0 Å². The van der Waals surface area contributed by atoms with Crippen LogP contribution in [0.5, 0.6) is 0 Å². The molecule has 2 aromatic rings. The molecule has 0 spiro atoms. The molecule has 1 N–H and O–H groups in total. The molecule has 0 radical (unpaired) electrons. The molecule has 18 heavy (non-hydrogen) atoms. The van der Waals surface area contributed by atoms with E-state index in [9.17, 15) is 10.1 Å². The van der Waals surface area contributed by atoms with Crippen LogP contribution in [0.15, 0.2) is 39.9 Å². The van der Waals surface area contributed by atoms with Gasteiger partial charge in [-0.25, -0.2) is 0 Å². The summed E-state index contributed by atoms with van der Waals surface area (Å²) in [6.07, 6.45) is 1.11. The summed E-state index contributed by atoms with van der Waals surface area (Å²) in [6.45, 7) is 1.78. The normalized spacial score (nSPS) is 10.9. The maximum atomic E-state index is 11.0. The molecule has 6 heteroatoms. The first kappa shape index (κ1) is 11.8. The van der Waals surface area contributed by atoms with Crippen LogP contribution in [0.1, 0.15) is 11.3 Å². The Morgan fingerprint density at radius 2 is 2.17 bits per heavy atom. The molecule has 2 rings (SSSR count). The number of rotatable bonds is 3.